The van der Waals surface area contributed by atoms with Crippen LogP contribution in [-0.4, -0.2) is 36.6 Å². The zero-order chi connectivity index (χ0) is 8.85. The summed E-state index contributed by atoms with van der Waals surface area (Å²) in [6.07, 6.45) is 1.22. The molecule has 1 N–H and O–H groups in total. The van der Waals surface area contributed by atoms with E-state index in [0.717, 1.165) is 13.0 Å². The van der Waals surface area contributed by atoms with E-state index in [-0.39, 0.29) is 18.8 Å². The standard InChI is InChI=1S/C8H17NO2.ClH/c1-4-7(5-8(10)11)6-9(2)3;/h7H,4-6H2,1-3H3,(H,10,11);1H. The Morgan fingerprint density at radius 3 is 2.25 bits per heavy atom. The van der Waals surface area contributed by atoms with Gasteiger partial charge in [-0.1, -0.05) is 13.3 Å². The topological polar surface area (TPSA) is 40.5 Å². The van der Waals surface area contributed by atoms with E-state index in [1.165, 1.54) is 0 Å². The van der Waals surface area contributed by atoms with Crippen molar-refractivity contribution in [2.45, 2.75) is 19.8 Å². The van der Waals surface area contributed by atoms with Gasteiger partial charge in [0, 0.05) is 13.0 Å². The van der Waals surface area contributed by atoms with E-state index in [9.17, 15) is 4.79 Å². The van der Waals surface area contributed by atoms with Gasteiger partial charge in [-0.05, 0) is 20.0 Å². The van der Waals surface area contributed by atoms with Gasteiger partial charge in [-0.25, -0.2) is 0 Å². The van der Waals surface area contributed by atoms with E-state index in [1.54, 1.807) is 0 Å². The largest absolute Gasteiger partial charge is 0.481 e. The van der Waals surface area contributed by atoms with Gasteiger partial charge in [-0.15, -0.1) is 12.4 Å². The Morgan fingerprint density at radius 2 is 2.00 bits per heavy atom. The molecule has 0 aliphatic rings. The first-order valence-electron chi connectivity index (χ1n) is 3.92. The summed E-state index contributed by atoms with van der Waals surface area (Å²) in [5.41, 5.74) is 0. The average Bonchev–Trinajstić information content (AvgIpc) is 1.84. The lowest BCUT2D eigenvalue weighted by atomic mass is 10.0. The maximum absolute atomic E-state index is 10.3. The Labute approximate surface area is 80.2 Å². The van der Waals surface area contributed by atoms with Crippen LogP contribution in [-0.2, 0) is 4.79 Å². The van der Waals surface area contributed by atoms with Crippen molar-refractivity contribution in [3.05, 3.63) is 0 Å². The van der Waals surface area contributed by atoms with Crippen LogP contribution in [0.15, 0.2) is 0 Å². The molecule has 0 spiro atoms. The molecule has 1 atom stereocenters. The Balaban J connectivity index is 0. The van der Waals surface area contributed by atoms with Gasteiger partial charge in [0.15, 0.2) is 0 Å². The second-order valence-corrected chi connectivity index (χ2v) is 3.13. The smallest absolute Gasteiger partial charge is 0.303 e. The molecule has 0 aromatic heterocycles. The Morgan fingerprint density at radius 1 is 1.50 bits per heavy atom. The lowest BCUT2D eigenvalue weighted by Gasteiger charge is -2.17. The molecule has 12 heavy (non-hydrogen) atoms. The molecule has 0 saturated carbocycles. The number of carboxylic acid groups (broad SMARTS) is 1. The number of aliphatic carboxylic acids is 1. The minimum absolute atomic E-state index is 0. The molecule has 3 nitrogen and oxygen atoms in total. The van der Waals surface area contributed by atoms with Gasteiger partial charge in [0.2, 0.25) is 0 Å². The molecule has 0 amide bonds. The number of halogens is 1. The molecule has 0 aliphatic heterocycles. The second-order valence-electron chi connectivity index (χ2n) is 3.13. The Hall–Kier alpha value is -0.280. The first-order valence-corrected chi connectivity index (χ1v) is 3.92. The lowest BCUT2D eigenvalue weighted by Crippen LogP contribution is -2.23. The van der Waals surface area contributed by atoms with Gasteiger partial charge >= 0.3 is 5.97 Å². The number of carbonyl (C=O) groups is 1. The zero-order valence-corrected chi connectivity index (χ0v) is 8.73. The SMILES string of the molecule is CCC(CC(=O)O)CN(C)C.Cl. The van der Waals surface area contributed by atoms with Gasteiger partial charge in [0.1, 0.15) is 0 Å². The molecule has 0 aromatic carbocycles. The van der Waals surface area contributed by atoms with Gasteiger partial charge in [-0.2, -0.15) is 0 Å². The molecule has 0 fully saturated rings. The second kappa shape index (κ2) is 7.37. The minimum Gasteiger partial charge on any atom is -0.481 e. The van der Waals surface area contributed by atoms with Crippen LogP contribution in [0.3, 0.4) is 0 Å². The summed E-state index contributed by atoms with van der Waals surface area (Å²) in [4.78, 5) is 12.4. The summed E-state index contributed by atoms with van der Waals surface area (Å²) in [5, 5.41) is 8.51. The van der Waals surface area contributed by atoms with Crippen molar-refractivity contribution in [1.29, 1.82) is 0 Å². The molecule has 4 heteroatoms. The molecule has 0 saturated heterocycles. The molecule has 74 valence electrons. The fourth-order valence-electron chi connectivity index (χ4n) is 1.10. The van der Waals surface area contributed by atoms with E-state index >= 15 is 0 Å². The van der Waals surface area contributed by atoms with E-state index in [0.29, 0.717) is 5.92 Å². The van der Waals surface area contributed by atoms with E-state index in [2.05, 4.69) is 0 Å². The van der Waals surface area contributed by atoms with Crippen LogP contribution < -0.4 is 0 Å². The van der Waals surface area contributed by atoms with Crippen molar-refractivity contribution >= 4 is 18.4 Å². The third-order valence-electron chi connectivity index (χ3n) is 1.66. The van der Waals surface area contributed by atoms with Crippen LogP contribution in [0.25, 0.3) is 0 Å². The molecule has 0 bridgehead atoms. The van der Waals surface area contributed by atoms with Crippen molar-refractivity contribution in [1.82, 2.24) is 4.90 Å². The molecular weight excluding hydrogens is 178 g/mol. The first-order chi connectivity index (χ1) is 5.06. The van der Waals surface area contributed by atoms with Crippen molar-refractivity contribution < 1.29 is 9.90 Å². The number of nitrogens with zero attached hydrogens (tertiary/aromatic N) is 1. The quantitative estimate of drug-likeness (QED) is 0.723. The van der Waals surface area contributed by atoms with Crippen LogP contribution >= 0.6 is 12.4 Å². The average molecular weight is 196 g/mol. The molecule has 0 radical (unpaired) electrons. The fraction of sp³-hybridized carbons (Fsp3) is 0.875. The normalized spacial score (nSPS) is 12.3. The predicted octanol–water partition coefficient (Wildman–Crippen LogP) is 1.47. The fourth-order valence-corrected chi connectivity index (χ4v) is 1.10. The van der Waals surface area contributed by atoms with Crippen LogP contribution in [0.4, 0.5) is 0 Å². The van der Waals surface area contributed by atoms with Crippen molar-refractivity contribution in [2.75, 3.05) is 20.6 Å². The minimum atomic E-state index is -0.696. The number of hydrogen-bond donors (Lipinski definition) is 1. The molecular formula is C8H18ClNO2. The zero-order valence-electron chi connectivity index (χ0n) is 7.91. The highest BCUT2D eigenvalue weighted by molar-refractivity contribution is 5.85. The summed E-state index contributed by atoms with van der Waals surface area (Å²) >= 11 is 0. The number of hydrogen-bond acceptors (Lipinski definition) is 2. The highest BCUT2D eigenvalue weighted by Crippen LogP contribution is 2.08. The molecule has 0 aromatic rings. The van der Waals surface area contributed by atoms with Crippen LogP contribution in [0, 0.1) is 5.92 Å². The molecule has 1 unspecified atom stereocenters. The van der Waals surface area contributed by atoms with Crippen LogP contribution in [0.1, 0.15) is 19.8 Å². The third kappa shape index (κ3) is 7.82. The first kappa shape index (κ1) is 14.3. The number of carboxylic acids is 1. The van der Waals surface area contributed by atoms with Crippen molar-refractivity contribution in [3.8, 4) is 0 Å². The molecule has 0 aliphatic carbocycles. The van der Waals surface area contributed by atoms with E-state index < -0.39 is 5.97 Å². The maximum Gasteiger partial charge on any atom is 0.303 e. The van der Waals surface area contributed by atoms with Crippen LogP contribution in [0.2, 0.25) is 0 Å². The summed E-state index contributed by atoms with van der Waals surface area (Å²) < 4.78 is 0. The summed E-state index contributed by atoms with van der Waals surface area (Å²) in [5.74, 6) is -0.402. The van der Waals surface area contributed by atoms with Gasteiger partial charge in [0.25, 0.3) is 0 Å². The van der Waals surface area contributed by atoms with Gasteiger partial charge in [0.05, 0.1) is 0 Å². The highest BCUT2D eigenvalue weighted by Gasteiger charge is 2.11. The van der Waals surface area contributed by atoms with Crippen molar-refractivity contribution in [3.63, 3.8) is 0 Å². The summed E-state index contributed by atoms with van der Waals surface area (Å²) in [7, 11) is 3.93. The monoisotopic (exact) mass is 195 g/mol. The number of rotatable bonds is 5. The molecule has 0 rings (SSSR count). The Kier molecular flexibility index (Phi) is 8.76. The van der Waals surface area contributed by atoms with Crippen molar-refractivity contribution in [2.24, 2.45) is 5.92 Å². The van der Waals surface area contributed by atoms with E-state index in [1.807, 2.05) is 25.9 Å². The van der Waals surface area contributed by atoms with Crippen LogP contribution in [0.5, 0.6) is 0 Å². The summed E-state index contributed by atoms with van der Waals surface area (Å²) in [6.45, 7) is 2.89. The highest BCUT2D eigenvalue weighted by atomic mass is 35.5. The van der Waals surface area contributed by atoms with Gasteiger partial charge < -0.3 is 10.0 Å². The predicted molar refractivity (Wildman–Crippen MR) is 51.8 cm³/mol. The lowest BCUT2D eigenvalue weighted by molar-refractivity contribution is -0.138. The maximum atomic E-state index is 10.3. The van der Waals surface area contributed by atoms with Gasteiger partial charge in [-0.3, -0.25) is 4.79 Å². The molecule has 0 heterocycles. The third-order valence-corrected chi connectivity index (χ3v) is 1.66. The van der Waals surface area contributed by atoms with E-state index in [4.69, 9.17) is 5.11 Å². The Bertz CT molecular complexity index is 128. The summed E-state index contributed by atoms with van der Waals surface area (Å²) in [6, 6.07) is 0.